The van der Waals surface area contributed by atoms with Gasteiger partial charge in [0.05, 0.1) is 6.61 Å². The van der Waals surface area contributed by atoms with Crippen molar-refractivity contribution >= 4 is 18.3 Å². The lowest BCUT2D eigenvalue weighted by Crippen LogP contribution is -2.39. The molecular formula is C12H19ClN2O2. The van der Waals surface area contributed by atoms with Crippen molar-refractivity contribution in [1.29, 1.82) is 0 Å². The van der Waals surface area contributed by atoms with Crippen LogP contribution in [0.5, 0.6) is 0 Å². The van der Waals surface area contributed by atoms with Crippen molar-refractivity contribution in [2.45, 2.75) is 19.6 Å². The number of carbonyl (C=O) groups is 1. The van der Waals surface area contributed by atoms with Gasteiger partial charge in [-0.1, -0.05) is 30.3 Å². The van der Waals surface area contributed by atoms with E-state index >= 15 is 0 Å². The summed E-state index contributed by atoms with van der Waals surface area (Å²) >= 11 is 0. The van der Waals surface area contributed by atoms with Crippen molar-refractivity contribution in [2.24, 2.45) is 5.73 Å². The molecule has 0 bridgehead atoms. The van der Waals surface area contributed by atoms with Gasteiger partial charge in [-0.3, -0.25) is 4.79 Å². The first kappa shape index (κ1) is 15.9. The minimum Gasteiger partial charge on any atom is -0.367 e. The second-order valence-electron chi connectivity index (χ2n) is 3.68. The third-order valence-electron chi connectivity index (χ3n) is 2.11. The number of rotatable bonds is 6. The molecule has 1 aromatic carbocycles. The van der Waals surface area contributed by atoms with Gasteiger partial charge in [-0.05, 0) is 12.5 Å². The fourth-order valence-electron chi connectivity index (χ4n) is 1.21. The van der Waals surface area contributed by atoms with E-state index in [2.05, 4.69) is 5.32 Å². The van der Waals surface area contributed by atoms with Crippen molar-refractivity contribution in [3.8, 4) is 0 Å². The molecule has 0 aromatic heterocycles. The Bertz CT molecular complexity index is 320. The Morgan fingerprint density at radius 3 is 2.65 bits per heavy atom. The first-order chi connectivity index (χ1) is 7.72. The Hall–Kier alpha value is -1.10. The van der Waals surface area contributed by atoms with Gasteiger partial charge in [0.25, 0.3) is 0 Å². The van der Waals surface area contributed by atoms with Crippen LogP contribution in [0.2, 0.25) is 0 Å². The predicted molar refractivity (Wildman–Crippen MR) is 70.0 cm³/mol. The van der Waals surface area contributed by atoms with Gasteiger partial charge in [0.1, 0.15) is 6.61 Å². The summed E-state index contributed by atoms with van der Waals surface area (Å²) in [4.78, 5) is 11.3. The van der Waals surface area contributed by atoms with Crippen molar-refractivity contribution in [2.75, 3.05) is 13.2 Å². The zero-order valence-corrected chi connectivity index (χ0v) is 10.7. The lowest BCUT2D eigenvalue weighted by atomic mass is 10.2. The lowest BCUT2D eigenvalue weighted by Gasteiger charge is -2.11. The Morgan fingerprint density at radius 2 is 2.06 bits per heavy atom. The molecule has 1 rings (SSSR count). The minimum atomic E-state index is -0.131. The average molecular weight is 259 g/mol. The first-order valence-electron chi connectivity index (χ1n) is 5.33. The molecule has 96 valence electrons. The van der Waals surface area contributed by atoms with Crippen LogP contribution in [0.25, 0.3) is 0 Å². The number of benzene rings is 1. The van der Waals surface area contributed by atoms with Gasteiger partial charge in [0.15, 0.2) is 0 Å². The number of hydrogen-bond donors (Lipinski definition) is 2. The molecule has 0 aliphatic heterocycles. The number of nitrogens with one attached hydrogen (secondary N) is 1. The highest BCUT2D eigenvalue weighted by molar-refractivity contribution is 5.85. The summed E-state index contributed by atoms with van der Waals surface area (Å²) in [6, 6.07) is 9.73. The highest BCUT2D eigenvalue weighted by atomic mass is 35.5. The van der Waals surface area contributed by atoms with E-state index < -0.39 is 0 Å². The standard InChI is InChI=1S/C12H18N2O2.ClH/c1-10(7-13)14-12(15)9-16-8-11-5-3-2-4-6-11;/h2-6,10H,7-9,13H2,1H3,(H,14,15);1H/t10-;/m0./s1. The van der Waals surface area contributed by atoms with Crippen LogP contribution in [-0.2, 0) is 16.1 Å². The van der Waals surface area contributed by atoms with E-state index in [1.165, 1.54) is 0 Å². The fraction of sp³-hybridized carbons (Fsp3) is 0.417. The van der Waals surface area contributed by atoms with Crippen LogP contribution in [0.15, 0.2) is 30.3 Å². The summed E-state index contributed by atoms with van der Waals surface area (Å²) in [5.41, 5.74) is 6.44. The molecule has 0 unspecified atom stereocenters. The Morgan fingerprint density at radius 1 is 1.41 bits per heavy atom. The minimum absolute atomic E-state index is 0. The highest BCUT2D eigenvalue weighted by Crippen LogP contribution is 1.99. The number of carbonyl (C=O) groups excluding carboxylic acids is 1. The molecule has 1 aromatic rings. The van der Waals surface area contributed by atoms with Crippen LogP contribution in [0.1, 0.15) is 12.5 Å². The molecule has 17 heavy (non-hydrogen) atoms. The Labute approximate surface area is 108 Å². The van der Waals surface area contributed by atoms with Crippen LogP contribution < -0.4 is 11.1 Å². The maximum absolute atomic E-state index is 11.3. The highest BCUT2D eigenvalue weighted by Gasteiger charge is 2.05. The van der Waals surface area contributed by atoms with E-state index in [4.69, 9.17) is 10.5 Å². The maximum Gasteiger partial charge on any atom is 0.246 e. The third-order valence-corrected chi connectivity index (χ3v) is 2.11. The van der Waals surface area contributed by atoms with Gasteiger partial charge in [-0.25, -0.2) is 0 Å². The van der Waals surface area contributed by atoms with Crippen molar-refractivity contribution in [3.05, 3.63) is 35.9 Å². The third kappa shape index (κ3) is 6.94. The second kappa shape index (κ2) is 8.98. The largest absolute Gasteiger partial charge is 0.367 e. The number of halogens is 1. The molecule has 0 saturated heterocycles. The zero-order valence-electron chi connectivity index (χ0n) is 9.89. The molecule has 1 amide bonds. The Balaban J connectivity index is 0.00000256. The summed E-state index contributed by atoms with van der Waals surface area (Å²) in [5.74, 6) is -0.131. The summed E-state index contributed by atoms with van der Waals surface area (Å²) in [5, 5.41) is 2.73. The maximum atomic E-state index is 11.3. The number of ether oxygens (including phenoxy) is 1. The normalized spacial score (nSPS) is 11.4. The summed E-state index contributed by atoms with van der Waals surface area (Å²) in [6.45, 7) is 2.81. The van der Waals surface area contributed by atoms with E-state index in [1.807, 2.05) is 37.3 Å². The molecule has 0 spiro atoms. The van der Waals surface area contributed by atoms with Gasteiger partial charge in [-0.2, -0.15) is 0 Å². The van der Waals surface area contributed by atoms with Gasteiger partial charge < -0.3 is 15.8 Å². The van der Waals surface area contributed by atoms with Crippen molar-refractivity contribution < 1.29 is 9.53 Å². The summed E-state index contributed by atoms with van der Waals surface area (Å²) in [6.07, 6.45) is 0. The SMILES string of the molecule is C[C@@H](CN)NC(=O)COCc1ccccc1.Cl. The molecule has 5 heteroatoms. The molecule has 0 heterocycles. The lowest BCUT2D eigenvalue weighted by molar-refractivity contribution is -0.126. The van der Waals surface area contributed by atoms with E-state index in [-0.39, 0.29) is 31.0 Å². The number of hydrogen-bond acceptors (Lipinski definition) is 3. The quantitative estimate of drug-likeness (QED) is 0.803. The number of nitrogens with two attached hydrogens (primary N) is 1. The molecule has 0 saturated carbocycles. The van der Waals surface area contributed by atoms with Crippen LogP contribution in [0, 0.1) is 0 Å². The van der Waals surface area contributed by atoms with E-state index in [1.54, 1.807) is 0 Å². The van der Waals surface area contributed by atoms with E-state index in [0.717, 1.165) is 5.56 Å². The number of amides is 1. The predicted octanol–water partition coefficient (Wildman–Crippen LogP) is 1.09. The van der Waals surface area contributed by atoms with Gasteiger partial charge in [0.2, 0.25) is 5.91 Å². The van der Waals surface area contributed by atoms with Crippen molar-refractivity contribution in [3.63, 3.8) is 0 Å². The second-order valence-corrected chi connectivity index (χ2v) is 3.68. The molecule has 0 aliphatic carbocycles. The smallest absolute Gasteiger partial charge is 0.246 e. The van der Waals surface area contributed by atoms with Gasteiger partial charge >= 0.3 is 0 Å². The molecule has 4 nitrogen and oxygen atoms in total. The summed E-state index contributed by atoms with van der Waals surface area (Å²) in [7, 11) is 0. The molecule has 3 N–H and O–H groups in total. The fourth-order valence-corrected chi connectivity index (χ4v) is 1.21. The zero-order chi connectivity index (χ0) is 11.8. The van der Waals surface area contributed by atoms with Crippen LogP contribution in [0.3, 0.4) is 0 Å². The molecule has 0 radical (unpaired) electrons. The van der Waals surface area contributed by atoms with Crippen LogP contribution in [0.4, 0.5) is 0 Å². The molecule has 1 atom stereocenters. The van der Waals surface area contributed by atoms with Gasteiger partial charge in [0, 0.05) is 12.6 Å². The van der Waals surface area contributed by atoms with Crippen molar-refractivity contribution in [1.82, 2.24) is 5.32 Å². The topological polar surface area (TPSA) is 64.3 Å². The Kier molecular flexibility index (Phi) is 8.40. The molecule has 0 aliphatic rings. The summed E-state index contributed by atoms with van der Waals surface area (Å²) < 4.78 is 5.27. The van der Waals surface area contributed by atoms with Crippen LogP contribution >= 0.6 is 12.4 Å². The van der Waals surface area contributed by atoms with Gasteiger partial charge in [-0.15, -0.1) is 12.4 Å². The molecule has 0 fully saturated rings. The molecular weight excluding hydrogens is 240 g/mol. The monoisotopic (exact) mass is 258 g/mol. The first-order valence-corrected chi connectivity index (χ1v) is 5.33. The average Bonchev–Trinajstić information content (AvgIpc) is 2.30. The van der Waals surface area contributed by atoms with Crippen LogP contribution in [-0.4, -0.2) is 25.1 Å². The van der Waals surface area contributed by atoms with E-state index in [9.17, 15) is 4.79 Å². The van der Waals surface area contributed by atoms with E-state index in [0.29, 0.717) is 13.2 Å².